The summed E-state index contributed by atoms with van der Waals surface area (Å²) in [5.74, 6) is -0.928. The van der Waals surface area contributed by atoms with Crippen LogP contribution >= 0.6 is 11.8 Å². The first-order chi connectivity index (χ1) is 11.3. The molecule has 0 bridgehead atoms. The van der Waals surface area contributed by atoms with E-state index in [0.717, 1.165) is 6.42 Å². The summed E-state index contributed by atoms with van der Waals surface area (Å²) in [7, 11) is 0. The number of nitrogens with zero attached hydrogens (tertiary/aromatic N) is 1. The predicted molar refractivity (Wildman–Crippen MR) is 88.1 cm³/mol. The number of hydrogen-bond donors (Lipinski definition) is 2. The summed E-state index contributed by atoms with van der Waals surface area (Å²) in [6.45, 7) is 5.10. The minimum atomic E-state index is -0.703. The molecule has 2 rings (SSSR count). The highest BCUT2D eigenvalue weighted by atomic mass is 32.2. The zero-order valence-corrected chi connectivity index (χ0v) is 14.9. The fourth-order valence-corrected chi connectivity index (χ4v) is 4.17. The Morgan fingerprint density at radius 3 is 2.83 bits per heavy atom. The largest absolute Gasteiger partial charge is 0.454 e. The Morgan fingerprint density at radius 1 is 1.46 bits per heavy atom. The van der Waals surface area contributed by atoms with E-state index in [1.54, 1.807) is 16.7 Å². The fraction of sp³-hybridized carbons (Fsp3) is 0.733. The number of fused-ring (bicyclic) bond motifs is 1. The molecule has 0 aromatic heterocycles. The Labute approximate surface area is 145 Å². The first-order valence-electron chi connectivity index (χ1n) is 8.00. The molecular formula is C15H23N3O5S. The molecule has 2 aliphatic rings. The third kappa shape index (κ3) is 4.00. The minimum absolute atomic E-state index is 0.0604. The number of rotatable bonds is 5. The first-order valence-corrected chi connectivity index (χ1v) is 8.98. The lowest BCUT2D eigenvalue weighted by Crippen LogP contribution is -2.48. The van der Waals surface area contributed by atoms with Gasteiger partial charge in [0.1, 0.15) is 6.04 Å². The van der Waals surface area contributed by atoms with Gasteiger partial charge in [0.15, 0.2) is 6.61 Å². The van der Waals surface area contributed by atoms with Crippen molar-refractivity contribution in [1.29, 1.82) is 0 Å². The van der Waals surface area contributed by atoms with Gasteiger partial charge in [-0.1, -0.05) is 6.92 Å². The summed E-state index contributed by atoms with van der Waals surface area (Å²) in [6.07, 6.45) is 1.86. The van der Waals surface area contributed by atoms with E-state index >= 15 is 0 Å². The molecule has 24 heavy (non-hydrogen) atoms. The zero-order chi connectivity index (χ0) is 17.9. The smallest absolute Gasteiger partial charge is 0.330 e. The van der Waals surface area contributed by atoms with Crippen LogP contribution in [-0.2, 0) is 19.1 Å². The van der Waals surface area contributed by atoms with Gasteiger partial charge in [-0.25, -0.2) is 9.59 Å². The second-order valence-corrected chi connectivity index (χ2v) is 7.71. The third-order valence-electron chi connectivity index (χ3n) is 4.31. The maximum Gasteiger partial charge on any atom is 0.330 e. The lowest BCUT2D eigenvalue weighted by molar-refractivity contribution is -0.156. The molecule has 0 aromatic carbocycles. The molecule has 3 atom stereocenters. The summed E-state index contributed by atoms with van der Waals surface area (Å²) in [5, 5.41) is 4.68. The molecular weight excluding hydrogens is 334 g/mol. The van der Waals surface area contributed by atoms with Crippen LogP contribution in [0.25, 0.3) is 0 Å². The predicted octanol–water partition coefficient (Wildman–Crippen LogP) is 0.608. The number of amides is 4. The Morgan fingerprint density at radius 2 is 2.17 bits per heavy atom. The molecule has 2 saturated heterocycles. The van der Waals surface area contributed by atoms with Crippen LogP contribution in [0.3, 0.4) is 0 Å². The maximum absolute atomic E-state index is 12.2. The van der Waals surface area contributed by atoms with Gasteiger partial charge < -0.3 is 15.0 Å². The summed E-state index contributed by atoms with van der Waals surface area (Å²) < 4.78 is 4.98. The second kappa shape index (κ2) is 7.42. The Kier molecular flexibility index (Phi) is 5.74. The summed E-state index contributed by atoms with van der Waals surface area (Å²) in [6, 6.07) is -1.35. The van der Waals surface area contributed by atoms with E-state index in [-0.39, 0.29) is 16.8 Å². The highest BCUT2D eigenvalue weighted by Gasteiger charge is 2.53. The third-order valence-corrected chi connectivity index (χ3v) is 5.81. The van der Waals surface area contributed by atoms with E-state index in [9.17, 15) is 19.2 Å². The molecule has 8 nitrogen and oxygen atoms in total. The van der Waals surface area contributed by atoms with Crippen LogP contribution in [0.5, 0.6) is 0 Å². The van der Waals surface area contributed by atoms with Crippen LogP contribution in [0.4, 0.5) is 4.79 Å². The number of esters is 1. The van der Waals surface area contributed by atoms with E-state index in [1.165, 1.54) is 0 Å². The molecule has 134 valence electrons. The van der Waals surface area contributed by atoms with Crippen molar-refractivity contribution in [3.05, 3.63) is 0 Å². The van der Waals surface area contributed by atoms with Gasteiger partial charge in [-0.05, 0) is 26.7 Å². The minimum Gasteiger partial charge on any atom is -0.454 e. The molecule has 0 aliphatic carbocycles. The van der Waals surface area contributed by atoms with E-state index in [1.807, 2.05) is 20.8 Å². The number of hydrogen-bond acceptors (Lipinski definition) is 6. The van der Waals surface area contributed by atoms with E-state index in [2.05, 4.69) is 10.6 Å². The van der Waals surface area contributed by atoms with Crippen LogP contribution in [0.15, 0.2) is 0 Å². The average Bonchev–Trinajstić information content (AvgIpc) is 3.01. The van der Waals surface area contributed by atoms with Gasteiger partial charge in [0, 0.05) is 18.2 Å². The second-order valence-electron chi connectivity index (χ2n) is 6.20. The number of nitrogens with one attached hydrogen (secondary N) is 2. The van der Waals surface area contributed by atoms with Crippen LogP contribution in [0.2, 0.25) is 0 Å². The number of ether oxygens (including phenoxy) is 1. The molecule has 2 aliphatic heterocycles. The highest BCUT2D eigenvalue weighted by molar-refractivity contribution is 8.01. The molecule has 2 fully saturated rings. The van der Waals surface area contributed by atoms with Gasteiger partial charge in [-0.15, -0.1) is 11.8 Å². The molecule has 4 amide bonds. The molecule has 0 aromatic rings. The van der Waals surface area contributed by atoms with E-state index < -0.39 is 30.6 Å². The van der Waals surface area contributed by atoms with Gasteiger partial charge >= 0.3 is 12.0 Å². The van der Waals surface area contributed by atoms with Crippen molar-refractivity contribution in [2.24, 2.45) is 0 Å². The van der Waals surface area contributed by atoms with Gasteiger partial charge in [0.25, 0.3) is 5.91 Å². The van der Waals surface area contributed by atoms with Crippen LogP contribution in [-0.4, -0.2) is 58.0 Å². The highest BCUT2D eigenvalue weighted by Crippen LogP contribution is 2.47. The number of carbonyl (C=O) groups is 4. The summed E-state index contributed by atoms with van der Waals surface area (Å²) in [4.78, 5) is 48.5. The quantitative estimate of drug-likeness (QED) is 0.699. The monoisotopic (exact) mass is 357 g/mol. The molecule has 0 saturated carbocycles. The van der Waals surface area contributed by atoms with Crippen molar-refractivity contribution in [3.8, 4) is 0 Å². The van der Waals surface area contributed by atoms with Crippen LogP contribution < -0.4 is 10.6 Å². The lowest BCUT2D eigenvalue weighted by Gasteiger charge is -2.29. The normalized spacial score (nSPS) is 26.7. The lowest BCUT2D eigenvalue weighted by atomic mass is 10.2. The SMILES string of the molecule is CC[C@@H](C)NC(=O)NC(=O)COC(=O)[C@H]1CS[C@@]2(C)CCC(=O)N12. The van der Waals surface area contributed by atoms with Crippen molar-refractivity contribution in [3.63, 3.8) is 0 Å². The topological polar surface area (TPSA) is 105 Å². The van der Waals surface area contributed by atoms with Gasteiger partial charge in [-0.2, -0.15) is 0 Å². The van der Waals surface area contributed by atoms with Gasteiger partial charge in [-0.3, -0.25) is 14.9 Å². The standard InChI is InChI=1S/C15H23N3O5S/c1-4-9(2)16-14(22)17-11(19)7-23-13(21)10-8-24-15(3)6-5-12(20)18(10)15/h9-10H,4-8H2,1-3H3,(H2,16,17,19,22)/t9-,10-,15+/m1/s1. The number of urea groups is 1. The van der Waals surface area contributed by atoms with E-state index in [0.29, 0.717) is 18.6 Å². The summed E-state index contributed by atoms with van der Waals surface area (Å²) in [5.41, 5.74) is 0. The average molecular weight is 357 g/mol. The van der Waals surface area contributed by atoms with Crippen molar-refractivity contribution < 1.29 is 23.9 Å². The molecule has 2 N–H and O–H groups in total. The molecule has 0 spiro atoms. The van der Waals surface area contributed by atoms with Gasteiger partial charge in [0.2, 0.25) is 5.91 Å². The van der Waals surface area contributed by atoms with Crippen molar-refractivity contribution >= 4 is 35.6 Å². The maximum atomic E-state index is 12.2. The molecule has 9 heteroatoms. The van der Waals surface area contributed by atoms with Crippen molar-refractivity contribution in [2.45, 2.75) is 57.0 Å². The Balaban J connectivity index is 1.80. The fourth-order valence-electron chi connectivity index (χ4n) is 2.75. The molecule has 0 unspecified atom stereocenters. The van der Waals surface area contributed by atoms with Crippen molar-refractivity contribution in [1.82, 2.24) is 15.5 Å². The number of imide groups is 1. The molecule has 0 radical (unpaired) electrons. The number of carbonyl (C=O) groups excluding carboxylic acids is 4. The first kappa shape index (κ1) is 18.6. The van der Waals surface area contributed by atoms with E-state index in [4.69, 9.17) is 4.74 Å². The summed E-state index contributed by atoms with van der Waals surface area (Å²) >= 11 is 1.55. The molecule has 2 heterocycles. The van der Waals surface area contributed by atoms with Crippen LogP contribution in [0.1, 0.15) is 40.0 Å². The van der Waals surface area contributed by atoms with Crippen LogP contribution in [0, 0.1) is 0 Å². The van der Waals surface area contributed by atoms with Crippen molar-refractivity contribution in [2.75, 3.05) is 12.4 Å². The Bertz CT molecular complexity index is 555. The Hall–Kier alpha value is -1.77. The number of thioether (sulfide) groups is 1. The zero-order valence-electron chi connectivity index (χ0n) is 14.1. The van der Waals surface area contributed by atoms with Gasteiger partial charge in [0.05, 0.1) is 4.87 Å².